The molecule has 4 heteroatoms. The lowest BCUT2D eigenvalue weighted by atomic mass is 10.0. The molecule has 16 heavy (non-hydrogen) atoms. The van der Waals surface area contributed by atoms with Gasteiger partial charge in [-0.2, -0.15) is 11.8 Å². The van der Waals surface area contributed by atoms with Crippen LogP contribution < -0.4 is 10.5 Å². The van der Waals surface area contributed by atoms with Crippen molar-refractivity contribution in [1.29, 1.82) is 0 Å². The fourth-order valence-electron chi connectivity index (χ4n) is 2.05. The van der Waals surface area contributed by atoms with Crippen molar-refractivity contribution in [1.82, 2.24) is 0 Å². The van der Waals surface area contributed by atoms with E-state index in [1.54, 1.807) is 7.11 Å². The number of ether oxygens (including phenoxy) is 1. The zero-order chi connectivity index (χ0) is 11.5. The predicted molar refractivity (Wildman–Crippen MR) is 67.8 cm³/mol. The summed E-state index contributed by atoms with van der Waals surface area (Å²) in [4.78, 5) is 0. The minimum atomic E-state index is -0.484. The van der Waals surface area contributed by atoms with Gasteiger partial charge >= 0.3 is 0 Å². The molecule has 0 aliphatic carbocycles. The Morgan fingerprint density at radius 3 is 3.00 bits per heavy atom. The van der Waals surface area contributed by atoms with Gasteiger partial charge in [0, 0.05) is 10.8 Å². The highest BCUT2D eigenvalue weighted by atomic mass is 32.2. The number of aliphatic hydroxyl groups is 1. The van der Waals surface area contributed by atoms with Gasteiger partial charge in [0.2, 0.25) is 0 Å². The maximum atomic E-state index is 10.3. The number of benzene rings is 1. The van der Waals surface area contributed by atoms with E-state index < -0.39 is 6.10 Å². The Kier molecular flexibility index (Phi) is 3.61. The van der Waals surface area contributed by atoms with Crippen molar-refractivity contribution < 1.29 is 9.84 Å². The Morgan fingerprint density at radius 2 is 2.38 bits per heavy atom. The van der Waals surface area contributed by atoms with Crippen LogP contribution in [0.3, 0.4) is 0 Å². The van der Waals surface area contributed by atoms with Crippen molar-refractivity contribution in [3.8, 4) is 5.75 Å². The van der Waals surface area contributed by atoms with E-state index in [4.69, 9.17) is 10.5 Å². The van der Waals surface area contributed by atoms with Crippen LogP contribution in [0.15, 0.2) is 18.2 Å². The molecular formula is C12H17NO2S. The number of methoxy groups -OCH3 is 1. The van der Waals surface area contributed by atoms with Gasteiger partial charge in [-0.1, -0.05) is 12.1 Å². The number of nitrogen functional groups attached to an aromatic ring is 1. The van der Waals surface area contributed by atoms with Crippen molar-refractivity contribution in [3.05, 3.63) is 23.8 Å². The summed E-state index contributed by atoms with van der Waals surface area (Å²) in [5, 5.41) is 10.5. The molecule has 88 valence electrons. The number of rotatable bonds is 3. The quantitative estimate of drug-likeness (QED) is 0.794. The Labute approximate surface area is 100.0 Å². The van der Waals surface area contributed by atoms with Crippen LogP contribution in [0.5, 0.6) is 5.75 Å². The maximum Gasteiger partial charge on any atom is 0.142 e. The third-order valence-electron chi connectivity index (χ3n) is 2.96. The lowest BCUT2D eigenvalue weighted by molar-refractivity contribution is 0.173. The molecule has 0 amide bonds. The summed E-state index contributed by atoms with van der Waals surface area (Å²) in [7, 11) is 1.59. The Balaban J connectivity index is 2.25. The molecule has 0 bridgehead atoms. The topological polar surface area (TPSA) is 55.5 Å². The van der Waals surface area contributed by atoms with Gasteiger partial charge < -0.3 is 15.6 Å². The zero-order valence-electron chi connectivity index (χ0n) is 9.35. The van der Waals surface area contributed by atoms with Crippen LogP contribution in [0.1, 0.15) is 24.5 Å². The summed E-state index contributed by atoms with van der Waals surface area (Å²) in [6.07, 6.45) is 1.75. The van der Waals surface area contributed by atoms with Gasteiger partial charge in [0.1, 0.15) is 5.75 Å². The second kappa shape index (κ2) is 4.97. The van der Waals surface area contributed by atoms with E-state index >= 15 is 0 Å². The van der Waals surface area contributed by atoms with Gasteiger partial charge in [-0.3, -0.25) is 0 Å². The smallest absolute Gasteiger partial charge is 0.142 e. The van der Waals surface area contributed by atoms with E-state index in [1.807, 2.05) is 30.0 Å². The first-order valence-corrected chi connectivity index (χ1v) is 6.51. The number of nitrogens with two attached hydrogens (primary N) is 1. The molecule has 3 N–H and O–H groups in total. The van der Waals surface area contributed by atoms with Gasteiger partial charge in [-0.05, 0) is 24.7 Å². The van der Waals surface area contributed by atoms with Crippen LogP contribution >= 0.6 is 11.8 Å². The number of hydrogen-bond acceptors (Lipinski definition) is 4. The lowest BCUT2D eigenvalue weighted by Crippen LogP contribution is -2.14. The summed E-state index contributed by atoms with van der Waals surface area (Å²) in [5.74, 6) is 1.77. The van der Waals surface area contributed by atoms with E-state index in [1.165, 1.54) is 6.42 Å². The van der Waals surface area contributed by atoms with Gasteiger partial charge in [-0.25, -0.2) is 0 Å². The molecule has 1 aromatic rings. The van der Waals surface area contributed by atoms with Gasteiger partial charge in [0.15, 0.2) is 0 Å². The number of thioether (sulfide) groups is 1. The third kappa shape index (κ3) is 2.13. The molecule has 2 unspecified atom stereocenters. The van der Waals surface area contributed by atoms with E-state index in [2.05, 4.69) is 0 Å². The first-order chi connectivity index (χ1) is 7.74. The normalized spacial score (nSPS) is 22.0. The van der Waals surface area contributed by atoms with E-state index in [9.17, 15) is 5.11 Å². The molecule has 3 nitrogen and oxygen atoms in total. The van der Waals surface area contributed by atoms with Crippen LogP contribution in [0.4, 0.5) is 5.69 Å². The highest BCUT2D eigenvalue weighted by molar-refractivity contribution is 8.00. The second-order valence-electron chi connectivity index (χ2n) is 3.96. The molecular weight excluding hydrogens is 222 g/mol. The summed E-state index contributed by atoms with van der Waals surface area (Å²) in [6, 6.07) is 5.56. The van der Waals surface area contributed by atoms with Crippen molar-refractivity contribution in [3.63, 3.8) is 0 Å². The standard InChI is InChI=1S/C12H17NO2S/c1-15-9-5-2-4-8(11(9)13)12(14)10-6-3-7-16-10/h2,4-5,10,12,14H,3,6-7,13H2,1H3. The van der Waals surface area contributed by atoms with Gasteiger partial charge in [-0.15, -0.1) is 0 Å². The van der Waals surface area contributed by atoms with Crippen LogP contribution in [-0.2, 0) is 0 Å². The largest absolute Gasteiger partial charge is 0.495 e. The summed E-state index contributed by atoms with van der Waals surface area (Å²) >= 11 is 1.82. The number of para-hydroxylation sites is 1. The molecule has 1 fully saturated rings. The molecule has 0 radical (unpaired) electrons. The van der Waals surface area contributed by atoms with Crippen LogP contribution in [0.25, 0.3) is 0 Å². The fourth-order valence-corrected chi connectivity index (χ4v) is 3.35. The van der Waals surface area contributed by atoms with Crippen molar-refractivity contribution >= 4 is 17.4 Å². The molecule has 2 atom stereocenters. The molecule has 1 aromatic carbocycles. The highest BCUT2D eigenvalue weighted by Crippen LogP contribution is 2.39. The Hall–Kier alpha value is -0.870. The summed E-state index contributed by atoms with van der Waals surface area (Å²) in [5.41, 5.74) is 7.32. The maximum absolute atomic E-state index is 10.3. The number of anilines is 1. The predicted octanol–water partition coefficient (Wildman–Crippen LogP) is 2.21. The SMILES string of the molecule is COc1cccc(C(O)C2CCCS2)c1N. The van der Waals surface area contributed by atoms with E-state index in [-0.39, 0.29) is 5.25 Å². The first kappa shape index (κ1) is 11.6. The molecule has 1 aliphatic rings. The Morgan fingerprint density at radius 1 is 1.56 bits per heavy atom. The average molecular weight is 239 g/mol. The van der Waals surface area contributed by atoms with Crippen molar-refractivity contribution in [2.75, 3.05) is 18.6 Å². The van der Waals surface area contributed by atoms with Gasteiger partial charge in [0.25, 0.3) is 0 Å². The minimum absolute atomic E-state index is 0.273. The van der Waals surface area contributed by atoms with E-state index in [0.29, 0.717) is 11.4 Å². The summed E-state index contributed by atoms with van der Waals surface area (Å²) < 4.78 is 5.16. The molecule has 0 saturated carbocycles. The first-order valence-electron chi connectivity index (χ1n) is 5.46. The fraction of sp³-hybridized carbons (Fsp3) is 0.500. The monoisotopic (exact) mass is 239 g/mol. The van der Waals surface area contributed by atoms with E-state index in [0.717, 1.165) is 17.7 Å². The molecule has 0 aromatic heterocycles. The van der Waals surface area contributed by atoms with Crippen molar-refractivity contribution in [2.24, 2.45) is 0 Å². The summed E-state index contributed by atoms with van der Waals surface area (Å²) in [6.45, 7) is 0. The molecule has 2 rings (SSSR count). The van der Waals surface area contributed by atoms with Crippen LogP contribution in [0, 0.1) is 0 Å². The number of aliphatic hydroxyl groups excluding tert-OH is 1. The number of hydrogen-bond donors (Lipinski definition) is 2. The van der Waals surface area contributed by atoms with Crippen molar-refractivity contribution in [2.45, 2.75) is 24.2 Å². The molecule has 0 spiro atoms. The lowest BCUT2D eigenvalue weighted by Gasteiger charge is -2.20. The second-order valence-corrected chi connectivity index (χ2v) is 5.31. The molecule has 1 aliphatic heterocycles. The zero-order valence-corrected chi connectivity index (χ0v) is 10.2. The van der Waals surface area contributed by atoms with Crippen LogP contribution in [0.2, 0.25) is 0 Å². The van der Waals surface area contributed by atoms with Crippen LogP contribution in [-0.4, -0.2) is 23.2 Å². The Bertz CT molecular complexity index is 364. The molecule has 1 heterocycles. The molecule has 1 saturated heterocycles. The third-order valence-corrected chi connectivity index (χ3v) is 4.40. The van der Waals surface area contributed by atoms with Gasteiger partial charge in [0.05, 0.1) is 18.9 Å². The average Bonchev–Trinajstić information content (AvgIpc) is 2.82. The highest BCUT2D eigenvalue weighted by Gasteiger charge is 2.27. The minimum Gasteiger partial charge on any atom is -0.495 e.